The zero-order chi connectivity index (χ0) is 66.4. The lowest BCUT2D eigenvalue weighted by atomic mass is 9.85. The number of rotatable bonds is 17. The Morgan fingerprint density at radius 3 is 1.63 bits per heavy atom. The maximum Gasteiger partial charge on any atom is 0.415 e. The standard InChI is InChI=1S/C71H84N10O14/c1-6-46-48-32-44(92-68(89)78-28-20-42(21-29-78)76-24-12-10-13-25-76)16-18-56(48)74-62-50(46)38-80-58(62)34-54(52(40-82)64(80)85)70(8-3,94-60(83)36-72-5)66(87)73-37-61(84)95-71(9-4)55-35-59-63-51(39-81(59)65(86)53(55)41-91-67(71)88)47(7-2)49-33-45(17-19-57(49)75-63)93-69(90)79-30-22-43(23-31-79)77-26-14-11-15-27-77/h16-19,32-35,42-43,72,82H,6-15,20-31,36-41H2,1-5H3,(H,73,87)/t70-,71-/m0/s1. The number of esters is 3. The van der Waals surface area contributed by atoms with Gasteiger partial charge in [-0.3, -0.25) is 24.0 Å². The molecule has 0 saturated carbocycles. The molecular formula is C71H84N10O14. The highest BCUT2D eigenvalue weighted by Gasteiger charge is 2.52. The molecule has 4 fully saturated rings. The maximum absolute atomic E-state index is 15.1. The zero-order valence-corrected chi connectivity index (χ0v) is 54.9. The van der Waals surface area contributed by atoms with E-state index in [1.54, 1.807) is 64.6 Å². The van der Waals surface area contributed by atoms with Crippen molar-refractivity contribution in [3.05, 3.63) is 114 Å². The summed E-state index contributed by atoms with van der Waals surface area (Å²) in [5.41, 5.74) is 0.0709. The number of hydrogen-bond donors (Lipinski definition) is 3. The summed E-state index contributed by atoms with van der Waals surface area (Å²) in [5, 5.41) is 17.9. The van der Waals surface area contributed by atoms with Gasteiger partial charge in [0.05, 0.1) is 71.2 Å². The minimum Gasteiger partial charge on any atom is -0.457 e. The second-order valence-corrected chi connectivity index (χ2v) is 26.1. The number of carbonyl (C=O) groups is 6. The summed E-state index contributed by atoms with van der Waals surface area (Å²) in [6.07, 6.45) is 10.7. The Kier molecular flexibility index (Phi) is 18.4. The van der Waals surface area contributed by atoms with E-state index < -0.39 is 78.1 Å². The first kappa shape index (κ1) is 65.1. The molecule has 4 saturated heterocycles. The summed E-state index contributed by atoms with van der Waals surface area (Å²) >= 11 is 0. The highest BCUT2D eigenvalue weighted by atomic mass is 16.6. The lowest BCUT2D eigenvalue weighted by Crippen LogP contribution is -2.52. The van der Waals surface area contributed by atoms with Gasteiger partial charge in [0.25, 0.3) is 17.0 Å². The van der Waals surface area contributed by atoms with E-state index in [1.165, 1.54) is 56.2 Å². The first-order valence-corrected chi connectivity index (χ1v) is 34.1. The number of carbonyl (C=O) groups excluding carboxylic acids is 6. The Morgan fingerprint density at radius 2 is 1.15 bits per heavy atom. The number of likely N-dealkylation sites (tertiary alicyclic amines) is 4. The van der Waals surface area contributed by atoms with Crippen LogP contribution in [0.4, 0.5) is 9.59 Å². The second-order valence-electron chi connectivity index (χ2n) is 26.1. The molecule has 3 amide bonds. The summed E-state index contributed by atoms with van der Waals surface area (Å²) in [4.78, 5) is 133. The molecule has 6 aromatic rings. The molecule has 0 bridgehead atoms. The molecule has 502 valence electrons. The van der Waals surface area contributed by atoms with Gasteiger partial charge in [-0.15, -0.1) is 0 Å². The summed E-state index contributed by atoms with van der Waals surface area (Å²) < 4.78 is 32.9. The van der Waals surface area contributed by atoms with Crippen LogP contribution in [0.3, 0.4) is 0 Å². The molecule has 24 heteroatoms. The van der Waals surface area contributed by atoms with Gasteiger partial charge in [-0.1, -0.05) is 40.5 Å². The van der Waals surface area contributed by atoms with Gasteiger partial charge in [0, 0.05) is 71.3 Å². The van der Waals surface area contributed by atoms with Crippen molar-refractivity contribution in [1.82, 2.24) is 49.3 Å². The summed E-state index contributed by atoms with van der Waals surface area (Å²) in [5.74, 6) is -3.27. The molecule has 3 N–H and O–H groups in total. The Bertz CT molecular complexity index is 4200. The number of ether oxygens (including phenoxy) is 5. The molecular weight excluding hydrogens is 1220 g/mol. The van der Waals surface area contributed by atoms with E-state index in [4.69, 9.17) is 33.7 Å². The van der Waals surface area contributed by atoms with Crippen LogP contribution in [0.25, 0.3) is 44.6 Å². The minimum atomic E-state index is -2.35. The highest BCUT2D eigenvalue weighted by molar-refractivity contribution is 5.95. The number of cyclic esters (lactones) is 1. The van der Waals surface area contributed by atoms with Crippen molar-refractivity contribution in [1.29, 1.82) is 0 Å². The van der Waals surface area contributed by atoms with E-state index in [1.807, 2.05) is 19.9 Å². The van der Waals surface area contributed by atoms with Gasteiger partial charge in [0.15, 0.2) is 0 Å². The number of nitrogens with zero attached hydrogens (tertiary/aromatic N) is 8. The van der Waals surface area contributed by atoms with Crippen molar-refractivity contribution >= 4 is 57.8 Å². The van der Waals surface area contributed by atoms with Crippen LogP contribution >= 0.6 is 0 Å². The second kappa shape index (κ2) is 26.9. The monoisotopic (exact) mass is 1300 g/mol. The SMILES string of the molecule is CCc1c2c(nc3ccc(OC(=O)N4CCC(N5CCCCC5)CC4)cc13)-c1cc([C@](CC)(OC(=O)CNC)C(=O)NCC(=O)O[C@]3(CC)C(=O)OCc4c3cc3n(c4=O)Cc4c-3nc3ccc(OC(=O)N5CCC(N6CCCCC6)CC5)cc3c4CC)c(CO)c(=O)n1C2. The average molecular weight is 1300 g/mol. The van der Waals surface area contributed by atoms with Crippen molar-refractivity contribution < 1.29 is 57.6 Å². The van der Waals surface area contributed by atoms with Gasteiger partial charge >= 0.3 is 30.1 Å². The lowest BCUT2D eigenvalue weighted by molar-refractivity contribution is -0.189. The van der Waals surface area contributed by atoms with Gasteiger partial charge in [-0.25, -0.2) is 24.4 Å². The minimum absolute atomic E-state index is 0.0503. The number of likely N-dealkylation sites (N-methyl/N-ethyl adjacent to an activating group) is 1. The number of nitrogens with one attached hydrogen (secondary N) is 2. The van der Waals surface area contributed by atoms with Gasteiger partial charge in [0.1, 0.15) is 24.7 Å². The van der Waals surface area contributed by atoms with Gasteiger partial charge < -0.3 is 68.2 Å². The molecule has 4 aromatic heterocycles. The molecule has 11 heterocycles. The number of aliphatic hydroxyl groups excluding tert-OH is 1. The molecule has 95 heavy (non-hydrogen) atoms. The normalized spacial score (nSPS) is 19.7. The van der Waals surface area contributed by atoms with Crippen LogP contribution in [0.2, 0.25) is 0 Å². The molecule has 0 unspecified atom stereocenters. The number of piperidine rings is 4. The van der Waals surface area contributed by atoms with Crippen molar-refractivity contribution in [2.24, 2.45) is 0 Å². The smallest absolute Gasteiger partial charge is 0.415 e. The first-order valence-electron chi connectivity index (χ1n) is 34.1. The number of benzene rings is 2. The zero-order valence-electron chi connectivity index (χ0n) is 54.9. The number of amides is 3. The Morgan fingerprint density at radius 1 is 0.632 bits per heavy atom. The molecule has 2 aromatic carbocycles. The lowest BCUT2D eigenvalue weighted by Gasteiger charge is -2.39. The van der Waals surface area contributed by atoms with Crippen LogP contribution in [-0.2, 0) is 83.7 Å². The van der Waals surface area contributed by atoms with Crippen molar-refractivity contribution in [3.8, 4) is 34.3 Å². The average Bonchev–Trinajstić information content (AvgIpc) is 1.64. The van der Waals surface area contributed by atoms with Crippen LogP contribution in [0.1, 0.15) is 149 Å². The Hall–Kier alpha value is -8.58. The predicted octanol–water partition coefficient (Wildman–Crippen LogP) is 7.07. The molecule has 13 rings (SSSR count). The molecule has 2 atom stereocenters. The first-order chi connectivity index (χ1) is 46.0. The third-order valence-corrected chi connectivity index (χ3v) is 21.0. The topological polar surface area (TPSA) is 276 Å². The summed E-state index contributed by atoms with van der Waals surface area (Å²) in [6, 6.07) is 14.6. The third-order valence-electron chi connectivity index (χ3n) is 21.0. The van der Waals surface area contributed by atoms with Gasteiger partial charge in [-0.05, 0) is 170 Å². The Labute approximate surface area is 550 Å². The Balaban J connectivity index is 0.747. The number of pyridine rings is 4. The van der Waals surface area contributed by atoms with E-state index in [0.29, 0.717) is 96.3 Å². The van der Waals surface area contributed by atoms with Crippen molar-refractivity contribution in [2.45, 2.75) is 167 Å². The molecule has 7 aliphatic rings. The third kappa shape index (κ3) is 11.8. The van der Waals surface area contributed by atoms with Crippen LogP contribution in [0, 0.1) is 0 Å². The fourth-order valence-electron chi connectivity index (χ4n) is 15.9. The largest absolute Gasteiger partial charge is 0.457 e. The number of hydrogen-bond acceptors (Lipinski definition) is 19. The molecule has 0 radical (unpaired) electrons. The van der Waals surface area contributed by atoms with Crippen LogP contribution in [0.5, 0.6) is 11.5 Å². The number of aliphatic hydroxyl groups is 1. The van der Waals surface area contributed by atoms with E-state index in [-0.39, 0.29) is 60.4 Å². The van der Waals surface area contributed by atoms with Crippen LogP contribution in [0.15, 0.2) is 58.1 Å². The summed E-state index contributed by atoms with van der Waals surface area (Å²) in [7, 11) is 1.51. The van der Waals surface area contributed by atoms with Gasteiger partial charge in [-0.2, -0.15) is 0 Å². The number of aryl methyl sites for hydroxylation is 2. The van der Waals surface area contributed by atoms with Crippen LogP contribution < -0.4 is 31.2 Å². The fourth-order valence-corrected chi connectivity index (χ4v) is 15.9. The van der Waals surface area contributed by atoms with E-state index >= 15 is 4.79 Å². The highest BCUT2D eigenvalue weighted by Crippen LogP contribution is 2.45. The number of aromatic nitrogens is 4. The summed E-state index contributed by atoms with van der Waals surface area (Å²) in [6.45, 7) is 11.6. The fraction of sp³-hybridized carbons (Fsp3) is 0.521. The van der Waals surface area contributed by atoms with E-state index in [9.17, 15) is 38.7 Å². The predicted molar refractivity (Wildman–Crippen MR) is 351 cm³/mol. The van der Waals surface area contributed by atoms with E-state index in [2.05, 4.69) is 20.4 Å². The molecule has 0 spiro atoms. The maximum atomic E-state index is 15.1. The van der Waals surface area contributed by atoms with E-state index in [0.717, 1.165) is 79.3 Å². The van der Waals surface area contributed by atoms with Gasteiger partial charge in [0.2, 0.25) is 11.2 Å². The number of fused-ring (bicyclic) bond motifs is 9. The molecule has 0 aliphatic carbocycles. The molecule has 7 aliphatic heterocycles. The molecule has 24 nitrogen and oxygen atoms in total. The van der Waals surface area contributed by atoms with Crippen molar-refractivity contribution in [3.63, 3.8) is 0 Å². The quantitative estimate of drug-likeness (QED) is 0.0607. The van der Waals surface area contributed by atoms with Crippen molar-refractivity contribution in [2.75, 3.05) is 72.5 Å². The van der Waals surface area contributed by atoms with Crippen LogP contribution in [-0.4, -0.2) is 164 Å².